The van der Waals surface area contributed by atoms with E-state index in [-0.39, 0.29) is 59.7 Å². The van der Waals surface area contributed by atoms with Crippen LogP contribution in [0.4, 0.5) is 5.69 Å². The van der Waals surface area contributed by atoms with E-state index in [1.165, 1.54) is 23.1 Å². The molecule has 9 heteroatoms. The average molecular weight is 424 g/mol. The van der Waals surface area contributed by atoms with Gasteiger partial charge < -0.3 is 4.74 Å². The summed E-state index contributed by atoms with van der Waals surface area (Å²) in [4.78, 5) is 61.3. The summed E-state index contributed by atoms with van der Waals surface area (Å²) in [5, 5.41) is 10.8. The number of esters is 1. The lowest BCUT2D eigenvalue weighted by atomic mass is 9.63. The van der Waals surface area contributed by atoms with Crippen LogP contribution in [-0.4, -0.2) is 46.5 Å². The molecule has 5 aliphatic rings. The second-order valence-corrected chi connectivity index (χ2v) is 8.62. The maximum absolute atomic E-state index is 12.9. The first-order chi connectivity index (χ1) is 14.9. The fourth-order valence-corrected chi connectivity index (χ4v) is 5.54. The molecule has 2 saturated carbocycles. The van der Waals surface area contributed by atoms with Crippen LogP contribution in [0.2, 0.25) is 0 Å². The number of likely N-dealkylation sites (tertiary alicyclic amines) is 1. The van der Waals surface area contributed by atoms with Crippen molar-refractivity contribution < 1.29 is 28.8 Å². The largest absolute Gasteiger partial charge is 0.457 e. The predicted octanol–water partition coefficient (Wildman–Crippen LogP) is 1.76. The number of imide groups is 1. The smallest absolute Gasteiger partial charge is 0.308 e. The highest BCUT2D eigenvalue weighted by molar-refractivity contribution is 6.06. The first-order valence-corrected chi connectivity index (χ1v) is 10.3. The Kier molecular flexibility index (Phi) is 4.49. The van der Waals surface area contributed by atoms with Crippen molar-refractivity contribution in [3.05, 3.63) is 52.1 Å². The molecule has 2 amide bonds. The van der Waals surface area contributed by atoms with Gasteiger partial charge in [-0.15, -0.1) is 0 Å². The molecule has 3 fully saturated rings. The fraction of sp³-hybridized carbons (Fsp3) is 0.455. The van der Waals surface area contributed by atoms with E-state index in [9.17, 15) is 29.3 Å². The summed E-state index contributed by atoms with van der Waals surface area (Å²) in [5.74, 6) is -1.04. The molecule has 9 nitrogen and oxygen atoms in total. The van der Waals surface area contributed by atoms with E-state index >= 15 is 0 Å². The second kappa shape index (κ2) is 7.11. The van der Waals surface area contributed by atoms with Crippen molar-refractivity contribution in [2.75, 3.05) is 13.2 Å². The first kappa shape index (κ1) is 19.6. The monoisotopic (exact) mass is 424 g/mol. The van der Waals surface area contributed by atoms with Crippen LogP contribution in [0.1, 0.15) is 23.2 Å². The molecule has 4 aliphatic carbocycles. The summed E-state index contributed by atoms with van der Waals surface area (Å²) in [7, 11) is 0. The highest BCUT2D eigenvalue weighted by atomic mass is 16.6. The molecular weight excluding hydrogens is 404 g/mol. The highest BCUT2D eigenvalue weighted by Crippen LogP contribution is 2.65. The molecule has 1 aromatic carbocycles. The molecule has 1 saturated heterocycles. The Balaban J connectivity index is 1.15. The van der Waals surface area contributed by atoms with Gasteiger partial charge in [0.1, 0.15) is 0 Å². The number of ketones is 1. The van der Waals surface area contributed by atoms with Crippen molar-refractivity contribution >= 4 is 29.3 Å². The molecule has 160 valence electrons. The minimum atomic E-state index is -0.710. The van der Waals surface area contributed by atoms with Crippen molar-refractivity contribution in [3.8, 4) is 0 Å². The van der Waals surface area contributed by atoms with E-state index in [2.05, 4.69) is 12.2 Å². The van der Waals surface area contributed by atoms with E-state index in [0.29, 0.717) is 11.8 Å². The van der Waals surface area contributed by atoms with E-state index in [4.69, 9.17) is 4.74 Å². The number of amides is 2. The molecule has 6 atom stereocenters. The fourth-order valence-electron chi connectivity index (χ4n) is 5.54. The molecule has 0 radical (unpaired) electrons. The molecule has 0 aromatic heterocycles. The third-order valence-corrected chi connectivity index (χ3v) is 7.04. The van der Waals surface area contributed by atoms with Crippen LogP contribution in [0.3, 0.4) is 0 Å². The van der Waals surface area contributed by atoms with E-state index < -0.39 is 23.3 Å². The van der Waals surface area contributed by atoms with Crippen LogP contribution in [0, 0.1) is 45.6 Å². The second-order valence-electron chi connectivity index (χ2n) is 8.62. The SMILES string of the molecule is O=C(CCN1C(=O)[C@@H]2[C@H]3C=C[C@@H]([C@@H]4C[C@@H]34)[C@H]2C1=O)OCC(=O)c1cccc([N+](=O)[O-])c1. The number of non-ortho nitro benzene ring substituents is 1. The Morgan fingerprint density at radius 1 is 1.10 bits per heavy atom. The normalized spacial score (nSPS) is 31.9. The van der Waals surface area contributed by atoms with E-state index in [0.717, 1.165) is 12.5 Å². The summed E-state index contributed by atoms with van der Waals surface area (Å²) >= 11 is 0. The van der Waals surface area contributed by atoms with Gasteiger partial charge in [0.2, 0.25) is 17.6 Å². The lowest BCUT2D eigenvalue weighted by molar-refractivity contribution is -0.384. The number of nitro benzene ring substituents is 1. The maximum Gasteiger partial charge on any atom is 0.308 e. The zero-order valence-corrected chi connectivity index (χ0v) is 16.5. The highest BCUT2D eigenvalue weighted by Gasteiger charge is 2.66. The third kappa shape index (κ3) is 3.15. The number of benzene rings is 1. The third-order valence-electron chi connectivity index (χ3n) is 7.04. The van der Waals surface area contributed by atoms with Crippen LogP contribution >= 0.6 is 0 Å². The first-order valence-electron chi connectivity index (χ1n) is 10.3. The maximum atomic E-state index is 12.9. The number of carbonyl (C=O) groups excluding carboxylic acids is 4. The van der Waals surface area contributed by atoms with E-state index in [1.807, 2.05) is 0 Å². The van der Waals surface area contributed by atoms with Crippen LogP contribution in [0.15, 0.2) is 36.4 Å². The minimum Gasteiger partial charge on any atom is -0.457 e. The van der Waals surface area contributed by atoms with Crippen molar-refractivity contribution in [3.63, 3.8) is 0 Å². The van der Waals surface area contributed by atoms with Gasteiger partial charge in [-0.05, 0) is 30.1 Å². The summed E-state index contributed by atoms with van der Waals surface area (Å²) < 4.78 is 4.97. The van der Waals surface area contributed by atoms with Gasteiger partial charge in [-0.1, -0.05) is 24.3 Å². The van der Waals surface area contributed by atoms with Crippen molar-refractivity contribution in [2.24, 2.45) is 35.5 Å². The van der Waals surface area contributed by atoms with Gasteiger partial charge in [0.25, 0.3) is 5.69 Å². The molecule has 1 heterocycles. The van der Waals surface area contributed by atoms with Crippen molar-refractivity contribution in [1.82, 2.24) is 4.90 Å². The van der Waals surface area contributed by atoms with Gasteiger partial charge >= 0.3 is 5.97 Å². The Bertz CT molecular complexity index is 1010. The lowest BCUT2D eigenvalue weighted by Crippen LogP contribution is -2.40. The van der Waals surface area contributed by atoms with Crippen molar-refractivity contribution in [2.45, 2.75) is 12.8 Å². The molecular formula is C22H20N2O7. The Morgan fingerprint density at radius 2 is 1.74 bits per heavy atom. The quantitative estimate of drug-likeness (QED) is 0.163. The molecule has 2 bridgehead atoms. The number of hydrogen-bond donors (Lipinski definition) is 0. The van der Waals surface area contributed by atoms with Gasteiger partial charge in [0, 0.05) is 24.2 Å². The van der Waals surface area contributed by atoms with Gasteiger partial charge in [-0.25, -0.2) is 0 Å². The minimum absolute atomic E-state index is 0.0662. The summed E-state index contributed by atoms with van der Waals surface area (Å²) in [6, 6.07) is 5.16. The van der Waals surface area contributed by atoms with Crippen LogP contribution < -0.4 is 0 Å². The van der Waals surface area contributed by atoms with E-state index in [1.54, 1.807) is 0 Å². The number of Topliss-reactive ketones (excluding diaryl/α,β-unsaturated/α-hetero) is 1. The molecule has 1 aliphatic heterocycles. The van der Waals surface area contributed by atoms with Crippen molar-refractivity contribution in [1.29, 1.82) is 0 Å². The number of carbonyl (C=O) groups is 4. The Hall–Kier alpha value is -3.36. The van der Waals surface area contributed by atoms with Gasteiger partial charge in [-0.3, -0.25) is 34.2 Å². The summed E-state index contributed by atoms with van der Waals surface area (Å²) in [5.41, 5.74) is -0.164. The molecule has 1 aromatic rings. The molecule has 0 N–H and O–H groups in total. The summed E-state index contributed by atoms with van der Waals surface area (Å²) in [6.45, 7) is -0.631. The van der Waals surface area contributed by atoms with Gasteiger partial charge in [-0.2, -0.15) is 0 Å². The van der Waals surface area contributed by atoms with Crippen LogP contribution in [0.5, 0.6) is 0 Å². The Labute approximate surface area is 177 Å². The molecule has 0 unspecified atom stereocenters. The average Bonchev–Trinajstić information content (AvgIpc) is 3.55. The van der Waals surface area contributed by atoms with Crippen LogP contribution in [-0.2, 0) is 19.1 Å². The molecule has 6 rings (SSSR count). The van der Waals surface area contributed by atoms with Crippen LogP contribution in [0.25, 0.3) is 0 Å². The number of nitro groups is 1. The molecule has 0 spiro atoms. The number of ether oxygens (including phenoxy) is 1. The summed E-state index contributed by atoms with van der Waals surface area (Å²) in [6.07, 6.45) is 5.06. The number of allylic oxidation sites excluding steroid dienone is 2. The predicted molar refractivity (Wildman–Crippen MR) is 104 cm³/mol. The van der Waals surface area contributed by atoms with Gasteiger partial charge in [0.05, 0.1) is 23.2 Å². The van der Waals surface area contributed by atoms with Gasteiger partial charge in [0.15, 0.2) is 6.61 Å². The Morgan fingerprint density at radius 3 is 2.35 bits per heavy atom. The number of nitrogens with zero attached hydrogens (tertiary/aromatic N) is 2. The zero-order chi connectivity index (χ0) is 21.9. The topological polar surface area (TPSA) is 124 Å². The number of hydrogen-bond acceptors (Lipinski definition) is 7. The zero-order valence-electron chi connectivity index (χ0n) is 16.5. The standard InChI is InChI=1S/C22H20N2O7/c25-17(11-2-1-3-12(8-11)24(29)30)10-31-18(26)6-7-23-21(27)19-13-4-5-14(16-9-15(13)16)20(19)22(23)28/h1-5,8,13-16,19-20H,6-7,9-10H2/t13-,14-,15-,16-,19+,20+/m0/s1. The number of rotatable bonds is 7. The molecule has 31 heavy (non-hydrogen) atoms. The lowest BCUT2D eigenvalue weighted by Gasteiger charge is -2.37.